The maximum absolute atomic E-state index is 5.45. The van der Waals surface area contributed by atoms with Gasteiger partial charge in [0.1, 0.15) is 17.5 Å². The molecule has 1 fully saturated rings. The molecule has 2 rings (SSSR count). The number of morpholine rings is 1. The highest BCUT2D eigenvalue weighted by Gasteiger charge is 2.10. The molecule has 0 aromatic carbocycles. The van der Waals surface area contributed by atoms with Crippen LogP contribution < -0.4 is 16.6 Å². The zero-order valence-electron chi connectivity index (χ0n) is 12.9. The first kappa shape index (κ1) is 15.9. The zero-order valence-corrected chi connectivity index (χ0v) is 12.9. The molecule has 1 saturated heterocycles. The molecular weight excluding hydrogens is 268 g/mol. The van der Waals surface area contributed by atoms with E-state index in [4.69, 9.17) is 10.6 Å². The third-order valence-corrected chi connectivity index (χ3v) is 3.47. The van der Waals surface area contributed by atoms with Crippen LogP contribution in [-0.4, -0.2) is 54.3 Å². The second-order valence-corrected chi connectivity index (χ2v) is 5.53. The fraction of sp³-hybridized carbons (Fsp3) is 0.714. The Morgan fingerprint density at radius 3 is 2.67 bits per heavy atom. The lowest BCUT2D eigenvalue weighted by Crippen LogP contribution is -2.37. The maximum Gasteiger partial charge on any atom is 0.145 e. The van der Waals surface area contributed by atoms with Crippen LogP contribution in [0.25, 0.3) is 0 Å². The first-order valence-corrected chi connectivity index (χ1v) is 7.58. The predicted molar refractivity (Wildman–Crippen MR) is 84.3 cm³/mol. The van der Waals surface area contributed by atoms with Crippen molar-refractivity contribution in [2.45, 2.75) is 26.2 Å². The van der Waals surface area contributed by atoms with Gasteiger partial charge in [0.25, 0.3) is 0 Å². The number of ether oxygens (including phenoxy) is 1. The number of rotatable bonds is 7. The molecule has 0 spiro atoms. The van der Waals surface area contributed by atoms with Crippen molar-refractivity contribution in [3.05, 3.63) is 11.9 Å². The Balaban J connectivity index is 1.80. The number of aromatic nitrogens is 2. The molecule has 0 saturated carbocycles. The quantitative estimate of drug-likeness (QED) is 0.393. The maximum atomic E-state index is 5.45. The second kappa shape index (κ2) is 8.11. The zero-order chi connectivity index (χ0) is 15.1. The van der Waals surface area contributed by atoms with Crippen LogP contribution in [0.15, 0.2) is 6.07 Å². The van der Waals surface area contributed by atoms with E-state index in [1.54, 1.807) is 0 Å². The van der Waals surface area contributed by atoms with Gasteiger partial charge >= 0.3 is 0 Å². The van der Waals surface area contributed by atoms with Gasteiger partial charge in [0.05, 0.1) is 13.2 Å². The van der Waals surface area contributed by atoms with E-state index in [0.29, 0.717) is 5.82 Å². The summed E-state index contributed by atoms with van der Waals surface area (Å²) >= 11 is 0. The van der Waals surface area contributed by atoms with Crippen molar-refractivity contribution in [1.29, 1.82) is 0 Å². The average Bonchev–Trinajstić information content (AvgIpc) is 2.52. The van der Waals surface area contributed by atoms with Gasteiger partial charge in [-0.1, -0.05) is 13.8 Å². The molecule has 0 unspecified atom stereocenters. The van der Waals surface area contributed by atoms with E-state index < -0.39 is 0 Å². The smallest absolute Gasteiger partial charge is 0.145 e. The van der Waals surface area contributed by atoms with Crippen molar-refractivity contribution in [3.8, 4) is 0 Å². The fourth-order valence-corrected chi connectivity index (χ4v) is 2.23. The molecular formula is C14H26N6O. The number of nitrogens with zero attached hydrogens (tertiary/aromatic N) is 3. The van der Waals surface area contributed by atoms with Gasteiger partial charge in [0, 0.05) is 31.6 Å². The summed E-state index contributed by atoms with van der Waals surface area (Å²) in [5, 5.41) is 3.35. The van der Waals surface area contributed by atoms with E-state index in [2.05, 4.69) is 39.5 Å². The van der Waals surface area contributed by atoms with E-state index in [1.807, 2.05) is 6.07 Å². The van der Waals surface area contributed by atoms with E-state index >= 15 is 0 Å². The molecule has 21 heavy (non-hydrogen) atoms. The highest BCUT2D eigenvalue weighted by Crippen LogP contribution is 2.16. The standard InChI is InChI=1S/C14H26N6O/c1-11(2)14-17-12(10-13(18-14)19-15)16-4-3-5-20-6-8-21-9-7-20/h10-11H,3-9,15H2,1-2H3,(H2,16,17,18,19). The molecule has 118 valence electrons. The summed E-state index contributed by atoms with van der Waals surface area (Å²) in [6, 6.07) is 1.83. The van der Waals surface area contributed by atoms with Gasteiger partial charge in [-0.2, -0.15) is 0 Å². The number of nitrogens with two attached hydrogens (primary N) is 1. The molecule has 7 heteroatoms. The minimum absolute atomic E-state index is 0.271. The molecule has 0 amide bonds. The van der Waals surface area contributed by atoms with Crippen molar-refractivity contribution in [2.75, 3.05) is 50.1 Å². The molecule has 0 radical (unpaired) electrons. The van der Waals surface area contributed by atoms with Gasteiger partial charge < -0.3 is 15.5 Å². The molecule has 1 aromatic heterocycles. The lowest BCUT2D eigenvalue weighted by atomic mass is 10.2. The van der Waals surface area contributed by atoms with Crippen LogP contribution in [0.2, 0.25) is 0 Å². The normalized spacial score (nSPS) is 16.2. The minimum atomic E-state index is 0.271. The highest BCUT2D eigenvalue weighted by atomic mass is 16.5. The number of hydrogen-bond donors (Lipinski definition) is 3. The Morgan fingerprint density at radius 1 is 1.29 bits per heavy atom. The number of nitrogens with one attached hydrogen (secondary N) is 2. The molecule has 2 heterocycles. The van der Waals surface area contributed by atoms with Crippen LogP contribution in [0.4, 0.5) is 11.6 Å². The van der Waals surface area contributed by atoms with Gasteiger partial charge in [-0.3, -0.25) is 4.90 Å². The van der Waals surface area contributed by atoms with Crippen LogP contribution in [0.5, 0.6) is 0 Å². The summed E-state index contributed by atoms with van der Waals surface area (Å²) < 4.78 is 5.34. The second-order valence-electron chi connectivity index (χ2n) is 5.53. The molecule has 1 aliphatic heterocycles. The lowest BCUT2D eigenvalue weighted by molar-refractivity contribution is 0.0378. The van der Waals surface area contributed by atoms with Crippen LogP contribution in [-0.2, 0) is 4.74 Å². The fourth-order valence-electron chi connectivity index (χ4n) is 2.23. The van der Waals surface area contributed by atoms with Crippen molar-refractivity contribution in [3.63, 3.8) is 0 Å². The van der Waals surface area contributed by atoms with E-state index in [-0.39, 0.29) is 5.92 Å². The monoisotopic (exact) mass is 294 g/mol. The van der Waals surface area contributed by atoms with Gasteiger partial charge in [-0.25, -0.2) is 15.8 Å². The Bertz CT molecular complexity index is 433. The Hall–Kier alpha value is -1.44. The lowest BCUT2D eigenvalue weighted by Gasteiger charge is -2.26. The summed E-state index contributed by atoms with van der Waals surface area (Å²) in [5.41, 5.74) is 2.59. The van der Waals surface area contributed by atoms with Crippen LogP contribution in [0, 0.1) is 0 Å². The van der Waals surface area contributed by atoms with Crippen LogP contribution >= 0.6 is 0 Å². The van der Waals surface area contributed by atoms with Crippen LogP contribution in [0.3, 0.4) is 0 Å². The van der Waals surface area contributed by atoms with E-state index in [9.17, 15) is 0 Å². The largest absolute Gasteiger partial charge is 0.379 e. The minimum Gasteiger partial charge on any atom is -0.379 e. The molecule has 1 aliphatic rings. The van der Waals surface area contributed by atoms with Gasteiger partial charge in [0.15, 0.2) is 0 Å². The predicted octanol–water partition coefficient (Wildman–Crippen LogP) is 1.02. The summed E-state index contributed by atoms with van der Waals surface area (Å²) in [7, 11) is 0. The third-order valence-electron chi connectivity index (χ3n) is 3.47. The molecule has 0 aliphatic carbocycles. The van der Waals surface area contributed by atoms with Gasteiger partial charge in [-0.15, -0.1) is 0 Å². The van der Waals surface area contributed by atoms with Crippen LogP contribution in [0.1, 0.15) is 32.0 Å². The molecule has 4 N–H and O–H groups in total. The Labute approximate surface area is 126 Å². The summed E-state index contributed by atoms with van der Waals surface area (Å²) in [4.78, 5) is 11.3. The number of hydrogen-bond acceptors (Lipinski definition) is 7. The number of nitrogen functional groups attached to an aromatic ring is 1. The average molecular weight is 294 g/mol. The SMILES string of the molecule is CC(C)c1nc(NN)cc(NCCCN2CCOCC2)n1. The van der Waals surface area contributed by atoms with E-state index in [1.165, 1.54) is 0 Å². The van der Waals surface area contributed by atoms with Gasteiger partial charge in [-0.05, 0) is 13.0 Å². The summed E-state index contributed by atoms with van der Waals surface area (Å²) in [5.74, 6) is 7.98. The summed E-state index contributed by atoms with van der Waals surface area (Å²) in [6.45, 7) is 9.87. The van der Waals surface area contributed by atoms with Gasteiger partial charge in [0.2, 0.25) is 0 Å². The van der Waals surface area contributed by atoms with Crippen molar-refractivity contribution < 1.29 is 4.74 Å². The number of anilines is 2. The highest BCUT2D eigenvalue weighted by molar-refractivity contribution is 5.47. The summed E-state index contributed by atoms with van der Waals surface area (Å²) in [6.07, 6.45) is 1.08. The molecule has 0 bridgehead atoms. The first-order chi connectivity index (χ1) is 10.2. The molecule has 0 atom stereocenters. The topological polar surface area (TPSA) is 88.3 Å². The number of hydrazine groups is 1. The molecule has 7 nitrogen and oxygen atoms in total. The Kier molecular flexibility index (Phi) is 6.16. The Morgan fingerprint density at radius 2 is 2.00 bits per heavy atom. The third kappa shape index (κ3) is 5.11. The first-order valence-electron chi connectivity index (χ1n) is 7.58. The van der Waals surface area contributed by atoms with E-state index in [0.717, 1.165) is 57.5 Å². The van der Waals surface area contributed by atoms with Crippen molar-refractivity contribution >= 4 is 11.6 Å². The molecule has 1 aromatic rings. The van der Waals surface area contributed by atoms with Crippen molar-refractivity contribution in [1.82, 2.24) is 14.9 Å². The van der Waals surface area contributed by atoms with Crippen molar-refractivity contribution in [2.24, 2.45) is 5.84 Å².